The third kappa shape index (κ3) is 15.2. The second kappa shape index (κ2) is 14.3. The number of aliphatic carboxylic acids is 1. The number of carbonyl (C=O) groups is 1. The van der Waals surface area contributed by atoms with Gasteiger partial charge in [0.15, 0.2) is 0 Å². The summed E-state index contributed by atoms with van der Waals surface area (Å²) in [4.78, 5) is 10.2. The van der Waals surface area contributed by atoms with Gasteiger partial charge in [-0.2, -0.15) is 0 Å². The molecule has 0 fully saturated rings. The summed E-state index contributed by atoms with van der Waals surface area (Å²) in [6, 6.07) is 0. The molecule has 0 atom stereocenters. The highest BCUT2D eigenvalue weighted by Crippen LogP contribution is 2.11. The van der Waals surface area contributed by atoms with E-state index in [2.05, 4.69) is 19.1 Å². The maximum atomic E-state index is 10.2. The molecule has 0 rings (SSSR count). The zero-order valence-electron chi connectivity index (χ0n) is 12.0. The quantitative estimate of drug-likeness (QED) is 0.368. The van der Waals surface area contributed by atoms with E-state index in [9.17, 15) is 9.90 Å². The summed E-state index contributed by atoms with van der Waals surface area (Å²) in [5, 5.41) is 10.2. The van der Waals surface area contributed by atoms with E-state index in [4.69, 9.17) is 0 Å². The first kappa shape index (κ1) is 17.2. The number of unbranched alkanes of at least 4 members (excludes halogenated alkanes) is 9. The van der Waals surface area contributed by atoms with Crippen LogP contribution in [0.4, 0.5) is 0 Å². The SMILES string of the molecule is CC/C=C/CCCCCCCCCCCC(=O)[O-]. The molecule has 0 saturated heterocycles. The van der Waals surface area contributed by atoms with E-state index >= 15 is 0 Å². The molecule has 106 valence electrons. The second-order valence-corrected chi connectivity index (χ2v) is 4.97. The molecule has 0 unspecified atom stereocenters. The summed E-state index contributed by atoms with van der Waals surface area (Å²) in [5.74, 6) is -0.910. The fourth-order valence-electron chi connectivity index (χ4n) is 2.05. The highest BCUT2D eigenvalue weighted by molar-refractivity contribution is 5.63. The number of carbonyl (C=O) groups excluding carboxylic acids is 1. The van der Waals surface area contributed by atoms with Crippen LogP contribution in [0.15, 0.2) is 12.2 Å². The molecule has 2 heteroatoms. The molecule has 0 N–H and O–H groups in total. The smallest absolute Gasteiger partial charge is 0.0414 e. The van der Waals surface area contributed by atoms with Gasteiger partial charge in [-0.3, -0.25) is 0 Å². The molecule has 0 aromatic rings. The van der Waals surface area contributed by atoms with Crippen molar-refractivity contribution in [3.05, 3.63) is 12.2 Å². The van der Waals surface area contributed by atoms with Crippen molar-refractivity contribution >= 4 is 5.97 Å². The first-order chi connectivity index (χ1) is 8.77. The highest BCUT2D eigenvalue weighted by atomic mass is 16.4. The largest absolute Gasteiger partial charge is 0.550 e. The number of rotatable bonds is 13. The summed E-state index contributed by atoms with van der Waals surface area (Å²) >= 11 is 0. The molecule has 0 saturated carbocycles. The average molecular weight is 253 g/mol. The summed E-state index contributed by atoms with van der Waals surface area (Å²) < 4.78 is 0. The van der Waals surface area contributed by atoms with Crippen molar-refractivity contribution in [2.45, 2.75) is 84.0 Å². The van der Waals surface area contributed by atoms with Gasteiger partial charge in [0.1, 0.15) is 0 Å². The minimum atomic E-state index is -0.910. The van der Waals surface area contributed by atoms with Crippen LogP contribution in [0.2, 0.25) is 0 Å². The van der Waals surface area contributed by atoms with E-state index < -0.39 is 5.97 Å². The van der Waals surface area contributed by atoms with E-state index in [-0.39, 0.29) is 6.42 Å². The molecule has 0 aliphatic heterocycles. The monoisotopic (exact) mass is 253 g/mol. The minimum absolute atomic E-state index is 0.227. The van der Waals surface area contributed by atoms with Crippen molar-refractivity contribution in [3.8, 4) is 0 Å². The van der Waals surface area contributed by atoms with Gasteiger partial charge in [-0.05, 0) is 32.1 Å². The van der Waals surface area contributed by atoms with E-state index in [0.29, 0.717) is 0 Å². The lowest BCUT2D eigenvalue weighted by Crippen LogP contribution is -2.21. The molecule has 0 spiro atoms. The van der Waals surface area contributed by atoms with Crippen LogP contribution < -0.4 is 5.11 Å². The van der Waals surface area contributed by atoms with Crippen molar-refractivity contribution in [1.29, 1.82) is 0 Å². The first-order valence-electron chi connectivity index (χ1n) is 7.62. The fraction of sp³-hybridized carbons (Fsp3) is 0.812. The lowest BCUT2D eigenvalue weighted by atomic mass is 10.1. The zero-order chi connectivity index (χ0) is 13.5. The lowest BCUT2D eigenvalue weighted by Gasteiger charge is -2.03. The molecule has 0 amide bonds. The molecule has 18 heavy (non-hydrogen) atoms. The van der Waals surface area contributed by atoms with Crippen molar-refractivity contribution in [1.82, 2.24) is 0 Å². The summed E-state index contributed by atoms with van der Waals surface area (Å²) in [6.07, 6.45) is 18.0. The molecular formula is C16H29O2-. The van der Waals surface area contributed by atoms with Gasteiger partial charge in [0, 0.05) is 5.97 Å². The Morgan fingerprint density at radius 2 is 1.33 bits per heavy atom. The minimum Gasteiger partial charge on any atom is -0.550 e. The molecule has 0 aromatic carbocycles. The number of hydrogen-bond acceptors (Lipinski definition) is 2. The van der Waals surface area contributed by atoms with E-state index in [1.807, 2.05) is 0 Å². The van der Waals surface area contributed by atoms with Gasteiger partial charge in [0.25, 0.3) is 0 Å². The van der Waals surface area contributed by atoms with Gasteiger partial charge < -0.3 is 9.90 Å². The third-order valence-corrected chi connectivity index (χ3v) is 3.15. The molecule has 0 aliphatic rings. The average Bonchev–Trinajstić information content (AvgIpc) is 2.34. The van der Waals surface area contributed by atoms with Crippen LogP contribution >= 0.6 is 0 Å². The maximum absolute atomic E-state index is 10.2. The predicted octanol–water partition coefficient (Wildman–Crippen LogP) is 3.99. The van der Waals surface area contributed by atoms with Crippen molar-refractivity contribution in [2.24, 2.45) is 0 Å². The Bertz CT molecular complexity index is 209. The summed E-state index contributed by atoms with van der Waals surface area (Å²) in [6.45, 7) is 2.17. The third-order valence-electron chi connectivity index (χ3n) is 3.15. The summed E-state index contributed by atoms with van der Waals surface area (Å²) in [7, 11) is 0. The van der Waals surface area contributed by atoms with E-state index in [1.165, 1.54) is 51.4 Å². The molecule has 0 aromatic heterocycles. The van der Waals surface area contributed by atoms with Gasteiger partial charge in [0.05, 0.1) is 0 Å². The van der Waals surface area contributed by atoms with Gasteiger partial charge in [0.2, 0.25) is 0 Å². The normalized spacial score (nSPS) is 11.2. The van der Waals surface area contributed by atoms with Crippen molar-refractivity contribution < 1.29 is 9.90 Å². The van der Waals surface area contributed by atoms with Crippen LogP contribution in [0.1, 0.15) is 84.0 Å². The Kier molecular flexibility index (Phi) is 13.6. The summed E-state index contributed by atoms with van der Waals surface area (Å²) in [5.41, 5.74) is 0. The fourth-order valence-corrected chi connectivity index (χ4v) is 2.05. The number of carboxylic acid groups (broad SMARTS) is 1. The molecule has 0 bridgehead atoms. The van der Waals surface area contributed by atoms with Crippen LogP contribution in [0.3, 0.4) is 0 Å². The number of allylic oxidation sites excluding steroid dienone is 2. The van der Waals surface area contributed by atoms with Gasteiger partial charge >= 0.3 is 0 Å². The van der Waals surface area contributed by atoms with Crippen LogP contribution in [-0.4, -0.2) is 5.97 Å². The second-order valence-electron chi connectivity index (χ2n) is 4.97. The lowest BCUT2D eigenvalue weighted by molar-refractivity contribution is -0.305. The van der Waals surface area contributed by atoms with E-state index in [1.54, 1.807) is 0 Å². The van der Waals surface area contributed by atoms with Crippen LogP contribution in [0.5, 0.6) is 0 Å². The predicted molar refractivity (Wildman–Crippen MR) is 75.2 cm³/mol. The van der Waals surface area contributed by atoms with E-state index in [0.717, 1.165) is 19.3 Å². The first-order valence-corrected chi connectivity index (χ1v) is 7.62. The van der Waals surface area contributed by atoms with Gasteiger partial charge in [-0.15, -0.1) is 0 Å². The topological polar surface area (TPSA) is 40.1 Å². The molecule has 0 aliphatic carbocycles. The van der Waals surface area contributed by atoms with Gasteiger partial charge in [-0.25, -0.2) is 0 Å². The number of carboxylic acids is 1. The van der Waals surface area contributed by atoms with Gasteiger partial charge in [-0.1, -0.05) is 64.0 Å². The molecule has 0 radical (unpaired) electrons. The Hall–Kier alpha value is -0.790. The Balaban J connectivity index is 2.99. The Labute approximate surface area is 112 Å². The number of hydrogen-bond donors (Lipinski definition) is 0. The molecule has 0 heterocycles. The zero-order valence-corrected chi connectivity index (χ0v) is 12.0. The maximum Gasteiger partial charge on any atom is 0.0414 e. The van der Waals surface area contributed by atoms with Crippen molar-refractivity contribution in [2.75, 3.05) is 0 Å². The van der Waals surface area contributed by atoms with Crippen LogP contribution in [0, 0.1) is 0 Å². The molecular weight excluding hydrogens is 224 g/mol. The molecule has 2 nitrogen and oxygen atoms in total. The van der Waals surface area contributed by atoms with Crippen molar-refractivity contribution in [3.63, 3.8) is 0 Å². The van der Waals surface area contributed by atoms with Crippen LogP contribution in [-0.2, 0) is 4.79 Å². The highest BCUT2D eigenvalue weighted by Gasteiger charge is 1.93. The standard InChI is InChI=1S/C16H30O2/c1-2-3-4-5-6-7-8-9-10-11-12-13-14-15-16(17)18/h3-4H,2,5-15H2,1H3,(H,17,18)/p-1/b4-3+. The van der Waals surface area contributed by atoms with Crippen LogP contribution in [0.25, 0.3) is 0 Å². The Morgan fingerprint density at radius 1 is 0.833 bits per heavy atom. The Morgan fingerprint density at radius 3 is 1.83 bits per heavy atom.